The molecule has 6 atom stereocenters. The molecule has 4 aliphatic heterocycles. The third-order valence-electron chi connectivity index (χ3n) is 13.2. The fourth-order valence-electron chi connectivity index (χ4n) is 10.0. The number of likely N-dealkylation sites (N-methyl/N-ethyl adjacent to an activating group) is 2. The molecule has 0 amide bonds. The highest BCUT2D eigenvalue weighted by Crippen LogP contribution is 2.56. The molecule has 4 bridgehead atoms. The number of dihydropyridines is 2. The fraction of sp³-hybridized carbons (Fsp3) is 0.447. The summed E-state index contributed by atoms with van der Waals surface area (Å²) in [5.74, 6) is -0.688. The third kappa shape index (κ3) is 7.47. The summed E-state index contributed by atoms with van der Waals surface area (Å²) in [4.78, 5) is 28.3. The van der Waals surface area contributed by atoms with Gasteiger partial charge in [0, 0.05) is 60.3 Å². The van der Waals surface area contributed by atoms with Crippen molar-refractivity contribution in [3.05, 3.63) is 121 Å². The maximum Gasteiger partial charge on any atom is 0.335 e. The number of hydrogen-bond acceptors (Lipinski definition) is 13. The molecule has 0 fully saturated rings. The predicted molar refractivity (Wildman–Crippen MR) is 229 cm³/mol. The highest BCUT2D eigenvalue weighted by molar-refractivity contribution is 5.92. The molecule has 318 valence electrons. The lowest BCUT2D eigenvalue weighted by atomic mass is 9.67. The molecule has 1 aromatic heterocycles. The second-order valence-corrected chi connectivity index (χ2v) is 16.7. The number of phenols is 2. The summed E-state index contributed by atoms with van der Waals surface area (Å²) in [6, 6.07) is 6.69. The Balaban J connectivity index is 1.43. The zero-order valence-corrected chi connectivity index (χ0v) is 34.8. The summed E-state index contributed by atoms with van der Waals surface area (Å²) in [5, 5.41) is 47.0. The second-order valence-electron chi connectivity index (χ2n) is 16.7. The number of nitrogens with one attached hydrogen (secondary N) is 4. The predicted octanol–water partition coefficient (Wildman–Crippen LogP) is 4.84. The number of hydrogen-bond donors (Lipinski definition) is 8. The third-order valence-corrected chi connectivity index (χ3v) is 13.2. The van der Waals surface area contributed by atoms with Gasteiger partial charge in [-0.25, -0.2) is 4.79 Å². The van der Waals surface area contributed by atoms with Crippen molar-refractivity contribution >= 4 is 16.9 Å². The van der Waals surface area contributed by atoms with Gasteiger partial charge < -0.3 is 50.9 Å². The van der Waals surface area contributed by atoms with E-state index < -0.39 is 35.6 Å². The zero-order valence-electron chi connectivity index (χ0n) is 34.8. The summed E-state index contributed by atoms with van der Waals surface area (Å²) in [5.41, 5.74) is 11.7. The lowest BCUT2D eigenvalue weighted by Crippen LogP contribution is -2.57. The lowest BCUT2D eigenvalue weighted by molar-refractivity contribution is -0.165. The Kier molecular flexibility index (Phi) is 11.6. The first-order chi connectivity index (χ1) is 29.0. The van der Waals surface area contributed by atoms with Gasteiger partial charge in [0.25, 0.3) is 0 Å². The van der Waals surface area contributed by atoms with Crippen LogP contribution in [0.15, 0.2) is 92.1 Å². The first kappa shape index (κ1) is 41.2. The van der Waals surface area contributed by atoms with E-state index in [0.717, 1.165) is 40.8 Å². The number of allylic oxidation sites excluding steroid dienone is 5. The number of carbonyl (C=O) groups excluding carboxylic acids is 1. The van der Waals surface area contributed by atoms with Gasteiger partial charge in [-0.3, -0.25) is 10.1 Å². The highest BCUT2D eigenvalue weighted by Gasteiger charge is 2.54. The molecule has 5 heterocycles. The number of carbonyl (C=O) groups is 1. The zero-order chi connectivity index (χ0) is 42.3. The van der Waals surface area contributed by atoms with Crippen LogP contribution < -0.4 is 37.2 Å². The molecule has 0 spiro atoms. The molecule has 9 N–H and O–H groups in total. The minimum atomic E-state index is -1.20. The van der Waals surface area contributed by atoms with Gasteiger partial charge in [0.15, 0.2) is 5.43 Å². The Morgan fingerprint density at radius 1 is 1.15 bits per heavy atom. The Bertz CT molecular complexity index is 2410. The van der Waals surface area contributed by atoms with Crippen LogP contribution in [0.1, 0.15) is 80.9 Å². The summed E-state index contributed by atoms with van der Waals surface area (Å²) in [6.45, 7) is 9.53. The summed E-state index contributed by atoms with van der Waals surface area (Å²) in [6.07, 6.45) is 12.2. The number of fused-ring (bicyclic) bond motifs is 5. The van der Waals surface area contributed by atoms with Crippen molar-refractivity contribution in [2.45, 2.75) is 96.6 Å². The molecule has 0 radical (unpaired) electrons. The minimum absolute atomic E-state index is 0.0186. The normalized spacial score (nSPS) is 25.9. The van der Waals surface area contributed by atoms with E-state index in [1.807, 2.05) is 26.1 Å². The van der Waals surface area contributed by atoms with Gasteiger partial charge in [-0.1, -0.05) is 38.1 Å². The Morgan fingerprint density at radius 2 is 1.98 bits per heavy atom. The van der Waals surface area contributed by atoms with Crippen molar-refractivity contribution in [1.29, 1.82) is 0 Å². The van der Waals surface area contributed by atoms with E-state index in [1.165, 1.54) is 6.07 Å². The maximum absolute atomic E-state index is 14.2. The summed E-state index contributed by atoms with van der Waals surface area (Å²) < 4.78 is 20.5. The van der Waals surface area contributed by atoms with Crippen LogP contribution in [-0.2, 0) is 35.4 Å². The summed E-state index contributed by atoms with van der Waals surface area (Å²) >= 11 is 0. The fourth-order valence-corrected chi connectivity index (χ4v) is 10.0. The lowest BCUT2D eigenvalue weighted by Gasteiger charge is -2.49. The molecule has 8 rings (SSSR count). The van der Waals surface area contributed by atoms with Crippen LogP contribution in [0.2, 0.25) is 0 Å². The molecule has 0 saturated carbocycles. The Labute approximate surface area is 350 Å². The molecule has 0 saturated heterocycles. The van der Waals surface area contributed by atoms with Gasteiger partial charge in [0.1, 0.15) is 58.1 Å². The largest absolute Gasteiger partial charge is 0.508 e. The van der Waals surface area contributed by atoms with Crippen molar-refractivity contribution < 1.29 is 34.0 Å². The molecular weight excluding hydrogens is 763 g/mol. The number of phenolic OH excluding ortho intramolecular Hbond substituents is 2. The van der Waals surface area contributed by atoms with E-state index in [1.54, 1.807) is 25.1 Å². The van der Waals surface area contributed by atoms with Crippen LogP contribution in [0.5, 0.6) is 17.2 Å². The average Bonchev–Trinajstić information content (AvgIpc) is 3.29. The molecule has 3 aromatic rings. The van der Waals surface area contributed by atoms with Gasteiger partial charge in [-0.2, -0.15) is 0 Å². The van der Waals surface area contributed by atoms with Crippen LogP contribution in [0.25, 0.3) is 11.0 Å². The van der Waals surface area contributed by atoms with Crippen LogP contribution in [0.3, 0.4) is 0 Å². The first-order valence-electron chi connectivity index (χ1n) is 21.3. The number of rotatable bonds is 10. The number of esters is 1. The van der Waals surface area contributed by atoms with E-state index in [-0.39, 0.29) is 52.7 Å². The molecule has 13 heteroatoms. The molecular formula is C47H57N5O8. The van der Waals surface area contributed by atoms with Gasteiger partial charge in [0.05, 0.1) is 6.17 Å². The van der Waals surface area contributed by atoms with Crippen LogP contribution in [-0.4, -0.2) is 65.3 Å². The van der Waals surface area contributed by atoms with Crippen LogP contribution >= 0.6 is 0 Å². The molecule has 1 unspecified atom stereocenters. The van der Waals surface area contributed by atoms with E-state index >= 15 is 0 Å². The first-order valence-corrected chi connectivity index (χ1v) is 21.3. The van der Waals surface area contributed by atoms with Gasteiger partial charge in [0.2, 0.25) is 0 Å². The van der Waals surface area contributed by atoms with Crippen molar-refractivity contribution in [3.63, 3.8) is 0 Å². The monoisotopic (exact) mass is 819 g/mol. The van der Waals surface area contributed by atoms with Gasteiger partial charge in [-0.15, -0.1) is 0 Å². The van der Waals surface area contributed by atoms with Crippen LogP contribution in [0, 0.1) is 11.8 Å². The Morgan fingerprint density at radius 3 is 2.72 bits per heavy atom. The topological polar surface area (TPSA) is 201 Å². The standard InChI is InChI=1S/C47H57N5O8/c1-5-26(23-49-6-2)46(57)59-37-21-35-42(56)41-36(55)20-32(24-53)58-44(41)40-34-19-29-18-31(54)12-11-27(29)9-10-28(39-33(34)14-15-51-45(39)48)17-30(47(37,4)60-43(35)40)16-25-8-13-38(50-7-3)52-22-25/h5,8,11-14,18,20,22,28,30,34,37-38,49-54,56H,6-7,9-10,15-17,19,21,23-24,48H2,1-4H3/b26-5-/t28-,30-,34+,37-,38?,47+/m1/s1. The number of aliphatic hydroxyl groups is 1. The Hall–Kier alpha value is -5.50. The molecule has 2 aromatic carbocycles. The second kappa shape index (κ2) is 16.9. The van der Waals surface area contributed by atoms with Crippen LogP contribution in [0.4, 0.5) is 0 Å². The SMILES string of the molecule is C/C=C(/CNCC)C(=O)O[C@@H]1Cc2c3c(c4oc(CO)cc(=O)c4c2O)[C@H]2Cc4cc(O)ccc4CC[C@H](C[C@@H](CC4=CNC(NCC)C=C4)[C@]1(C)O3)C1=C(N)NCC=C12. The molecule has 60 heavy (non-hydrogen) atoms. The molecule has 5 aliphatic rings. The number of nitrogens with two attached hydrogens (primary N) is 1. The molecule has 13 nitrogen and oxygen atoms in total. The van der Waals surface area contributed by atoms with Crippen molar-refractivity contribution in [2.24, 2.45) is 17.6 Å². The van der Waals surface area contributed by atoms with E-state index in [2.05, 4.69) is 46.4 Å². The van der Waals surface area contributed by atoms with E-state index in [0.29, 0.717) is 73.6 Å². The number of aliphatic hydroxyl groups excluding tert-OH is 1. The molecule has 1 aliphatic carbocycles. The van der Waals surface area contributed by atoms with Crippen molar-refractivity contribution in [3.8, 4) is 17.2 Å². The van der Waals surface area contributed by atoms with E-state index in [9.17, 15) is 24.9 Å². The number of aromatic hydroxyl groups is 2. The number of benzene rings is 2. The highest BCUT2D eigenvalue weighted by atomic mass is 16.6. The smallest absolute Gasteiger partial charge is 0.335 e. The van der Waals surface area contributed by atoms with Gasteiger partial charge in [-0.05, 0) is 111 Å². The number of ether oxygens (including phenoxy) is 2. The van der Waals surface area contributed by atoms with Crippen molar-refractivity contribution in [1.82, 2.24) is 21.3 Å². The minimum Gasteiger partial charge on any atom is -0.508 e. The average molecular weight is 820 g/mol. The summed E-state index contributed by atoms with van der Waals surface area (Å²) in [7, 11) is 0. The van der Waals surface area contributed by atoms with Crippen molar-refractivity contribution in [2.75, 3.05) is 26.2 Å². The quantitative estimate of drug-likeness (QED) is 0.102. The van der Waals surface area contributed by atoms with E-state index in [4.69, 9.17) is 19.6 Å². The number of aryl methyl sites for hydroxylation is 1. The maximum atomic E-state index is 14.2. The van der Waals surface area contributed by atoms with Gasteiger partial charge >= 0.3 is 5.97 Å².